The SMILES string of the molecule is CCCCCCCCC(CCCCCCCCC(C)O)S(=O)(=O)O. The third kappa shape index (κ3) is 15.4. The van der Waals surface area contributed by atoms with Crippen LogP contribution < -0.4 is 0 Å². The van der Waals surface area contributed by atoms with E-state index in [2.05, 4.69) is 6.92 Å². The van der Waals surface area contributed by atoms with Crippen LogP contribution in [0.1, 0.15) is 110 Å². The topological polar surface area (TPSA) is 74.6 Å². The Morgan fingerprint density at radius 2 is 1.08 bits per heavy atom. The van der Waals surface area contributed by atoms with E-state index in [0.29, 0.717) is 12.8 Å². The second-order valence-electron chi connectivity index (χ2n) is 7.24. The molecule has 4 nitrogen and oxygen atoms in total. The maximum atomic E-state index is 11.5. The normalized spacial score (nSPS) is 14.7. The molecule has 2 unspecified atom stereocenters. The fourth-order valence-electron chi connectivity index (χ4n) is 3.11. The van der Waals surface area contributed by atoms with Crippen LogP contribution in [0.15, 0.2) is 0 Å². The zero-order valence-electron chi connectivity index (χ0n) is 15.9. The minimum Gasteiger partial charge on any atom is -0.393 e. The van der Waals surface area contributed by atoms with Crippen molar-refractivity contribution in [1.82, 2.24) is 0 Å². The molecule has 0 rings (SSSR count). The summed E-state index contributed by atoms with van der Waals surface area (Å²) in [6.07, 6.45) is 15.0. The first-order valence-electron chi connectivity index (χ1n) is 10.0. The first-order chi connectivity index (χ1) is 11.4. The zero-order valence-corrected chi connectivity index (χ0v) is 16.7. The maximum Gasteiger partial charge on any atom is 0.267 e. The van der Waals surface area contributed by atoms with Crippen LogP contribution in [0.2, 0.25) is 0 Å². The molecule has 24 heavy (non-hydrogen) atoms. The monoisotopic (exact) mass is 364 g/mol. The summed E-state index contributed by atoms with van der Waals surface area (Å²) in [5.41, 5.74) is 0. The molecule has 0 spiro atoms. The third-order valence-corrected chi connectivity index (χ3v) is 6.01. The molecule has 0 aromatic rings. The summed E-state index contributed by atoms with van der Waals surface area (Å²) in [4.78, 5) is 0. The van der Waals surface area contributed by atoms with Gasteiger partial charge in [-0.3, -0.25) is 4.55 Å². The molecule has 0 amide bonds. The summed E-state index contributed by atoms with van der Waals surface area (Å²) in [7, 11) is -3.90. The Morgan fingerprint density at radius 1 is 0.708 bits per heavy atom. The van der Waals surface area contributed by atoms with Crippen LogP contribution in [-0.4, -0.2) is 29.4 Å². The third-order valence-electron chi connectivity index (χ3n) is 4.70. The van der Waals surface area contributed by atoms with E-state index in [0.717, 1.165) is 57.8 Å². The lowest BCUT2D eigenvalue weighted by molar-refractivity contribution is 0.180. The van der Waals surface area contributed by atoms with Crippen molar-refractivity contribution in [3.63, 3.8) is 0 Å². The summed E-state index contributed by atoms with van der Waals surface area (Å²) < 4.78 is 32.4. The van der Waals surface area contributed by atoms with Gasteiger partial charge < -0.3 is 5.11 Å². The highest BCUT2D eigenvalue weighted by Gasteiger charge is 2.21. The lowest BCUT2D eigenvalue weighted by Gasteiger charge is -2.13. The number of unbranched alkanes of at least 4 members (excludes halogenated alkanes) is 10. The lowest BCUT2D eigenvalue weighted by atomic mass is 10.0. The van der Waals surface area contributed by atoms with Crippen LogP contribution in [-0.2, 0) is 10.1 Å². The van der Waals surface area contributed by atoms with Crippen molar-refractivity contribution in [1.29, 1.82) is 0 Å². The number of aliphatic hydroxyl groups is 1. The molecule has 0 heterocycles. The Hall–Kier alpha value is -0.130. The minimum atomic E-state index is -3.90. The highest BCUT2D eigenvalue weighted by Crippen LogP contribution is 2.19. The summed E-state index contributed by atoms with van der Waals surface area (Å²) in [6, 6.07) is 0. The first kappa shape index (κ1) is 23.9. The molecule has 0 aromatic heterocycles. The van der Waals surface area contributed by atoms with Crippen LogP contribution in [0.3, 0.4) is 0 Å². The number of rotatable bonds is 17. The van der Waals surface area contributed by atoms with Gasteiger partial charge in [0.15, 0.2) is 0 Å². The summed E-state index contributed by atoms with van der Waals surface area (Å²) >= 11 is 0. The molecular formula is C19H40O4S. The predicted octanol–water partition coefficient (Wildman–Crippen LogP) is 5.50. The van der Waals surface area contributed by atoms with Crippen LogP contribution in [0, 0.1) is 0 Å². The molecule has 0 aromatic carbocycles. The maximum absolute atomic E-state index is 11.5. The highest BCUT2D eigenvalue weighted by atomic mass is 32.2. The Morgan fingerprint density at radius 3 is 1.46 bits per heavy atom. The zero-order chi connectivity index (χ0) is 18.3. The van der Waals surface area contributed by atoms with Gasteiger partial charge in [-0.15, -0.1) is 0 Å². The van der Waals surface area contributed by atoms with Crippen molar-refractivity contribution >= 4 is 10.1 Å². The van der Waals surface area contributed by atoms with Gasteiger partial charge >= 0.3 is 0 Å². The van der Waals surface area contributed by atoms with Crippen LogP contribution in [0.5, 0.6) is 0 Å². The molecule has 0 bridgehead atoms. The van der Waals surface area contributed by atoms with E-state index in [9.17, 15) is 18.1 Å². The minimum absolute atomic E-state index is 0.206. The van der Waals surface area contributed by atoms with E-state index in [1.807, 2.05) is 6.92 Å². The van der Waals surface area contributed by atoms with Crippen molar-refractivity contribution in [2.75, 3.05) is 0 Å². The van der Waals surface area contributed by atoms with Crippen LogP contribution >= 0.6 is 0 Å². The predicted molar refractivity (Wildman–Crippen MR) is 102 cm³/mol. The van der Waals surface area contributed by atoms with E-state index in [4.69, 9.17) is 0 Å². The van der Waals surface area contributed by atoms with Crippen molar-refractivity contribution < 1.29 is 18.1 Å². The molecule has 0 aliphatic carbocycles. The van der Waals surface area contributed by atoms with Crippen molar-refractivity contribution in [2.45, 2.75) is 122 Å². The molecule has 0 radical (unpaired) electrons. The molecule has 0 saturated heterocycles. The molecule has 2 atom stereocenters. The number of hydrogen-bond donors (Lipinski definition) is 2. The van der Waals surface area contributed by atoms with Gasteiger partial charge in [0, 0.05) is 0 Å². The van der Waals surface area contributed by atoms with Gasteiger partial charge in [-0.25, -0.2) is 0 Å². The largest absolute Gasteiger partial charge is 0.393 e. The fourth-order valence-corrected chi connectivity index (χ4v) is 4.04. The molecule has 0 aliphatic rings. The van der Waals surface area contributed by atoms with Crippen molar-refractivity contribution in [3.05, 3.63) is 0 Å². The van der Waals surface area contributed by atoms with E-state index in [1.54, 1.807) is 0 Å². The first-order valence-corrected chi connectivity index (χ1v) is 11.5. The van der Waals surface area contributed by atoms with Gasteiger partial charge in [0.25, 0.3) is 10.1 Å². The summed E-state index contributed by atoms with van der Waals surface area (Å²) in [6.45, 7) is 4.00. The second-order valence-corrected chi connectivity index (χ2v) is 8.94. The Bertz CT molecular complexity index is 366. The van der Waals surface area contributed by atoms with Crippen LogP contribution in [0.25, 0.3) is 0 Å². The quantitative estimate of drug-likeness (QED) is 0.264. The van der Waals surface area contributed by atoms with E-state index in [-0.39, 0.29) is 6.10 Å². The molecule has 146 valence electrons. The van der Waals surface area contributed by atoms with Crippen molar-refractivity contribution in [2.24, 2.45) is 0 Å². The molecule has 0 fully saturated rings. The van der Waals surface area contributed by atoms with E-state index < -0.39 is 15.4 Å². The van der Waals surface area contributed by atoms with Gasteiger partial charge in [-0.2, -0.15) is 8.42 Å². The van der Waals surface area contributed by atoms with E-state index in [1.165, 1.54) is 25.7 Å². The van der Waals surface area contributed by atoms with Crippen molar-refractivity contribution in [3.8, 4) is 0 Å². The summed E-state index contributed by atoms with van der Waals surface area (Å²) in [5, 5.41) is 8.61. The van der Waals surface area contributed by atoms with Gasteiger partial charge in [-0.1, -0.05) is 84.0 Å². The van der Waals surface area contributed by atoms with Gasteiger partial charge in [0.05, 0.1) is 11.4 Å². The van der Waals surface area contributed by atoms with Gasteiger partial charge in [-0.05, 0) is 26.2 Å². The standard InChI is InChI=1S/C19H40O4S/c1-3-4-5-6-10-13-16-19(24(21,22)23)17-14-11-8-7-9-12-15-18(2)20/h18-20H,3-17H2,1-2H3,(H,21,22,23). The highest BCUT2D eigenvalue weighted by molar-refractivity contribution is 7.86. The van der Waals surface area contributed by atoms with E-state index >= 15 is 0 Å². The van der Waals surface area contributed by atoms with Crippen LogP contribution in [0.4, 0.5) is 0 Å². The number of hydrogen-bond acceptors (Lipinski definition) is 3. The Balaban J connectivity index is 3.73. The average Bonchev–Trinajstić information content (AvgIpc) is 2.49. The molecular weight excluding hydrogens is 324 g/mol. The molecule has 2 N–H and O–H groups in total. The smallest absolute Gasteiger partial charge is 0.267 e. The molecule has 0 saturated carbocycles. The fraction of sp³-hybridized carbons (Fsp3) is 1.00. The van der Waals surface area contributed by atoms with Gasteiger partial charge in [0.2, 0.25) is 0 Å². The second kappa shape index (κ2) is 15.2. The Kier molecular flexibility index (Phi) is 15.1. The van der Waals surface area contributed by atoms with Gasteiger partial charge in [0.1, 0.15) is 0 Å². The molecule has 5 heteroatoms. The molecule has 0 aliphatic heterocycles. The average molecular weight is 365 g/mol. The lowest BCUT2D eigenvalue weighted by Crippen LogP contribution is -2.20. The number of aliphatic hydroxyl groups excluding tert-OH is 1. The Labute approximate surface area is 150 Å². The summed E-state index contributed by atoms with van der Waals surface area (Å²) in [5.74, 6) is 0.